The summed E-state index contributed by atoms with van der Waals surface area (Å²) in [5, 5.41) is 0. The number of ether oxygens (including phenoxy) is 3. The van der Waals surface area contributed by atoms with E-state index in [1.165, 1.54) is 109 Å². The molecule has 77 heavy (non-hydrogen) atoms. The molecule has 0 bridgehead atoms. The van der Waals surface area contributed by atoms with E-state index in [2.05, 4.69) is 142 Å². The van der Waals surface area contributed by atoms with Crippen molar-refractivity contribution in [3.8, 4) is 0 Å². The van der Waals surface area contributed by atoms with Gasteiger partial charge in [0.1, 0.15) is 13.2 Å². The van der Waals surface area contributed by atoms with Crippen LogP contribution in [0.25, 0.3) is 0 Å². The Kier molecular flexibility index (Phi) is 60.8. The van der Waals surface area contributed by atoms with Gasteiger partial charge in [0.15, 0.2) is 6.10 Å². The lowest BCUT2D eigenvalue weighted by molar-refractivity contribution is -0.167. The van der Waals surface area contributed by atoms with Crippen molar-refractivity contribution in [3.63, 3.8) is 0 Å². The fourth-order valence-corrected chi connectivity index (χ4v) is 8.69. The van der Waals surface area contributed by atoms with Crippen LogP contribution in [0.1, 0.15) is 290 Å². The van der Waals surface area contributed by atoms with Crippen molar-refractivity contribution in [1.29, 1.82) is 0 Å². The molecule has 1 atom stereocenters. The van der Waals surface area contributed by atoms with Gasteiger partial charge < -0.3 is 14.2 Å². The second-order valence-electron chi connectivity index (χ2n) is 20.9. The molecule has 0 spiro atoms. The standard InChI is InChI=1S/C71H118O6/c1-4-7-10-13-16-19-22-25-28-30-32-33-34-35-36-37-39-40-43-46-49-52-55-58-61-64-70(73)76-67-68(66-75-69(72)63-60-57-54-51-48-45-42-27-24-21-18-15-12-9-6-3)77-71(74)65-62-59-56-53-50-47-44-41-38-31-29-26-23-20-17-14-11-8-5-2/h7-8,10-11,16-17,19-20,25-29,32-33,35-36,38,41-42,68H,4-6,9,12-15,18,21-24,30-31,34,37,39-40,43-67H2,1-3H3/b10-7-,11-8-,19-16-,20-17-,28-25-,29-26-,33-32-,36-35-,41-38-,42-27-. The van der Waals surface area contributed by atoms with Crippen molar-refractivity contribution in [2.24, 2.45) is 0 Å². The number of allylic oxidation sites excluding steroid dienone is 20. The topological polar surface area (TPSA) is 78.9 Å². The zero-order valence-electron chi connectivity index (χ0n) is 50.2. The van der Waals surface area contributed by atoms with Gasteiger partial charge in [0.2, 0.25) is 0 Å². The Bertz CT molecular complexity index is 1600. The molecule has 6 nitrogen and oxygen atoms in total. The van der Waals surface area contributed by atoms with E-state index in [1.54, 1.807) is 0 Å². The Morgan fingerprint density at radius 1 is 0.273 bits per heavy atom. The molecule has 0 saturated carbocycles. The van der Waals surface area contributed by atoms with Crippen LogP contribution in [0.15, 0.2) is 122 Å². The quantitative estimate of drug-likeness (QED) is 0.0261. The maximum Gasteiger partial charge on any atom is 0.306 e. The Balaban J connectivity index is 4.40. The van der Waals surface area contributed by atoms with Crippen LogP contribution in [0, 0.1) is 0 Å². The van der Waals surface area contributed by atoms with Gasteiger partial charge in [0.05, 0.1) is 0 Å². The molecule has 0 aliphatic carbocycles. The van der Waals surface area contributed by atoms with Gasteiger partial charge >= 0.3 is 17.9 Å². The van der Waals surface area contributed by atoms with E-state index in [0.717, 1.165) is 141 Å². The van der Waals surface area contributed by atoms with Crippen molar-refractivity contribution < 1.29 is 28.6 Å². The first kappa shape index (κ1) is 72.8. The molecule has 0 aromatic heterocycles. The van der Waals surface area contributed by atoms with Crippen LogP contribution in [0.5, 0.6) is 0 Å². The van der Waals surface area contributed by atoms with Crippen LogP contribution >= 0.6 is 0 Å². The summed E-state index contributed by atoms with van der Waals surface area (Å²) in [6, 6.07) is 0. The monoisotopic (exact) mass is 1070 g/mol. The zero-order valence-corrected chi connectivity index (χ0v) is 50.2. The van der Waals surface area contributed by atoms with E-state index >= 15 is 0 Å². The molecule has 0 amide bonds. The Morgan fingerprint density at radius 3 is 0.805 bits per heavy atom. The van der Waals surface area contributed by atoms with E-state index < -0.39 is 6.10 Å². The van der Waals surface area contributed by atoms with Crippen molar-refractivity contribution in [2.45, 2.75) is 297 Å². The van der Waals surface area contributed by atoms with Crippen LogP contribution in [0.2, 0.25) is 0 Å². The van der Waals surface area contributed by atoms with Gasteiger partial charge in [-0.2, -0.15) is 0 Å². The Labute approximate surface area is 475 Å². The largest absolute Gasteiger partial charge is 0.462 e. The number of unbranched alkanes of at least 4 members (excludes halogenated alkanes) is 26. The average molecular weight is 1070 g/mol. The lowest BCUT2D eigenvalue weighted by Gasteiger charge is -2.18. The van der Waals surface area contributed by atoms with E-state index in [9.17, 15) is 14.4 Å². The minimum absolute atomic E-state index is 0.0917. The van der Waals surface area contributed by atoms with Crippen molar-refractivity contribution in [3.05, 3.63) is 122 Å². The highest BCUT2D eigenvalue weighted by Crippen LogP contribution is 2.15. The predicted molar refractivity (Wildman–Crippen MR) is 334 cm³/mol. The van der Waals surface area contributed by atoms with Crippen LogP contribution in [0.4, 0.5) is 0 Å². The summed E-state index contributed by atoms with van der Waals surface area (Å²) in [6.07, 6.45) is 89.1. The average Bonchev–Trinajstić information content (AvgIpc) is 3.43. The summed E-state index contributed by atoms with van der Waals surface area (Å²) in [7, 11) is 0. The highest BCUT2D eigenvalue weighted by molar-refractivity contribution is 5.71. The van der Waals surface area contributed by atoms with Gasteiger partial charge in [-0.1, -0.05) is 264 Å². The number of esters is 3. The molecule has 0 heterocycles. The summed E-state index contributed by atoms with van der Waals surface area (Å²) in [6.45, 7) is 6.40. The van der Waals surface area contributed by atoms with Crippen molar-refractivity contribution in [2.75, 3.05) is 13.2 Å². The Hall–Kier alpha value is -4.19. The fourth-order valence-electron chi connectivity index (χ4n) is 8.69. The van der Waals surface area contributed by atoms with E-state index in [4.69, 9.17) is 14.2 Å². The summed E-state index contributed by atoms with van der Waals surface area (Å²) in [5.74, 6) is -0.914. The number of carbonyl (C=O) groups excluding carboxylic acids is 3. The molecule has 1 unspecified atom stereocenters. The van der Waals surface area contributed by atoms with Crippen LogP contribution in [0.3, 0.4) is 0 Å². The van der Waals surface area contributed by atoms with Crippen LogP contribution in [-0.4, -0.2) is 37.2 Å². The third-order valence-corrected chi connectivity index (χ3v) is 13.4. The summed E-state index contributed by atoms with van der Waals surface area (Å²) in [5.41, 5.74) is 0. The SMILES string of the molecule is CC/C=C\C/C=C\C/C=C\C/C=C\C/C=C\CCCCCCCCCCCC(=O)OCC(COC(=O)CCCCCCC/C=C\CCCCCCCC)OC(=O)CCCCCCCC/C=C\C/C=C\C/C=C\C/C=C\CC. The molecule has 0 N–H and O–H groups in total. The van der Waals surface area contributed by atoms with Gasteiger partial charge in [0, 0.05) is 19.3 Å². The number of hydrogen-bond donors (Lipinski definition) is 0. The minimum atomic E-state index is -0.796. The lowest BCUT2D eigenvalue weighted by atomic mass is 10.1. The smallest absolute Gasteiger partial charge is 0.306 e. The molecule has 0 fully saturated rings. The van der Waals surface area contributed by atoms with Crippen molar-refractivity contribution in [1.82, 2.24) is 0 Å². The van der Waals surface area contributed by atoms with Crippen LogP contribution < -0.4 is 0 Å². The second-order valence-corrected chi connectivity index (χ2v) is 20.9. The maximum atomic E-state index is 12.9. The molecular formula is C71H118O6. The lowest BCUT2D eigenvalue weighted by Crippen LogP contribution is -2.30. The van der Waals surface area contributed by atoms with Crippen LogP contribution in [-0.2, 0) is 28.6 Å². The molecule has 0 aromatic carbocycles. The molecule has 0 aliphatic rings. The molecule has 438 valence electrons. The van der Waals surface area contributed by atoms with E-state index in [0.29, 0.717) is 19.3 Å². The van der Waals surface area contributed by atoms with E-state index in [1.807, 2.05) is 0 Å². The van der Waals surface area contributed by atoms with Crippen molar-refractivity contribution >= 4 is 17.9 Å². The normalized spacial score (nSPS) is 12.9. The molecular weight excluding hydrogens is 949 g/mol. The number of carbonyl (C=O) groups is 3. The first-order valence-corrected chi connectivity index (χ1v) is 32.0. The van der Waals surface area contributed by atoms with Gasteiger partial charge in [-0.15, -0.1) is 0 Å². The fraction of sp³-hybridized carbons (Fsp3) is 0.676. The first-order chi connectivity index (χ1) is 38.0. The van der Waals surface area contributed by atoms with Gasteiger partial charge in [-0.05, 0) is 128 Å². The molecule has 0 rings (SSSR count). The van der Waals surface area contributed by atoms with Gasteiger partial charge in [-0.3, -0.25) is 14.4 Å². The molecule has 0 saturated heterocycles. The molecule has 0 aliphatic heterocycles. The van der Waals surface area contributed by atoms with Gasteiger partial charge in [0.25, 0.3) is 0 Å². The molecule has 0 aromatic rings. The molecule has 0 radical (unpaired) electrons. The highest BCUT2D eigenvalue weighted by atomic mass is 16.6. The van der Waals surface area contributed by atoms with Gasteiger partial charge in [-0.25, -0.2) is 0 Å². The molecule has 6 heteroatoms. The zero-order chi connectivity index (χ0) is 55.7. The summed E-state index contributed by atoms with van der Waals surface area (Å²) >= 11 is 0. The highest BCUT2D eigenvalue weighted by Gasteiger charge is 2.19. The second kappa shape index (κ2) is 64.3. The van der Waals surface area contributed by atoms with E-state index in [-0.39, 0.29) is 31.1 Å². The first-order valence-electron chi connectivity index (χ1n) is 32.0. The Morgan fingerprint density at radius 2 is 0.506 bits per heavy atom. The predicted octanol–water partition coefficient (Wildman–Crippen LogP) is 22.0. The third-order valence-electron chi connectivity index (χ3n) is 13.4. The minimum Gasteiger partial charge on any atom is -0.462 e. The number of rotatable bonds is 57. The number of hydrogen-bond acceptors (Lipinski definition) is 6. The third kappa shape index (κ3) is 62.5. The summed E-state index contributed by atoms with van der Waals surface area (Å²) < 4.78 is 16.9. The summed E-state index contributed by atoms with van der Waals surface area (Å²) in [4.78, 5) is 38.3. The maximum absolute atomic E-state index is 12.9.